The van der Waals surface area contributed by atoms with Crippen LogP contribution in [0.15, 0.2) is 6.08 Å². The van der Waals surface area contributed by atoms with Gasteiger partial charge in [0.05, 0.1) is 5.69 Å². The van der Waals surface area contributed by atoms with Gasteiger partial charge in [-0.1, -0.05) is 31.9 Å². The molecule has 0 unspecified atom stereocenters. The summed E-state index contributed by atoms with van der Waals surface area (Å²) in [6.45, 7) is 8.84. The Balaban J connectivity index is 2.03. The molecule has 5 heteroatoms. The standard InChI is InChI=1S/C17H26ClN3O/c1-4-5-10-21-17(18)15(14(3)19-21)6-7-16(22)20-11-8-13(2)9-12-20/h6-7,13H,4-5,8-12H2,1-3H3/b7-6+. The Morgan fingerprint density at radius 3 is 2.73 bits per heavy atom. The van der Waals surface area contributed by atoms with Crippen molar-refractivity contribution in [2.24, 2.45) is 5.92 Å². The van der Waals surface area contributed by atoms with E-state index in [2.05, 4.69) is 18.9 Å². The van der Waals surface area contributed by atoms with Crippen LogP contribution >= 0.6 is 11.6 Å². The van der Waals surface area contributed by atoms with Gasteiger partial charge in [-0.05, 0) is 38.2 Å². The first-order valence-corrected chi connectivity index (χ1v) is 8.60. The minimum Gasteiger partial charge on any atom is -0.339 e. The maximum Gasteiger partial charge on any atom is 0.246 e. The Morgan fingerprint density at radius 1 is 1.41 bits per heavy atom. The Hall–Kier alpha value is -1.29. The Morgan fingerprint density at radius 2 is 2.09 bits per heavy atom. The normalized spacial score (nSPS) is 16.6. The van der Waals surface area contributed by atoms with Gasteiger partial charge in [0.1, 0.15) is 5.15 Å². The number of hydrogen-bond donors (Lipinski definition) is 0. The van der Waals surface area contributed by atoms with Crippen LogP contribution < -0.4 is 0 Å². The maximum absolute atomic E-state index is 12.2. The predicted octanol–water partition coefficient (Wildman–Crippen LogP) is 3.92. The third kappa shape index (κ3) is 4.13. The highest BCUT2D eigenvalue weighted by atomic mass is 35.5. The van der Waals surface area contributed by atoms with Gasteiger partial charge in [-0.2, -0.15) is 5.10 Å². The molecule has 0 N–H and O–H groups in total. The lowest BCUT2D eigenvalue weighted by atomic mass is 9.99. The molecule has 0 bridgehead atoms. The van der Waals surface area contributed by atoms with Crippen LogP contribution in [0.25, 0.3) is 6.08 Å². The molecule has 0 spiro atoms. The number of nitrogens with zero attached hydrogens (tertiary/aromatic N) is 3. The first kappa shape index (κ1) is 17.1. The molecular weight excluding hydrogens is 298 g/mol. The number of amides is 1. The van der Waals surface area contributed by atoms with E-state index in [1.54, 1.807) is 6.08 Å². The van der Waals surface area contributed by atoms with Gasteiger partial charge in [-0.25, -0.2) is 0 Å². The SMILES string of the molecule is CCCCn1nc(C)c(/C=C/C(=O)N2CCC(C)CC2)c1Cl. The van der Waals surface area contributed by atoms with Gasteiger partial charge in [0.2, 0.25) is 5.91 Å². The highest BCUT2D eigenvalue weighted by Gasteiger charge is 2.19. The van der Waals surface area contributed by atoms with Gasteiger partial charge < -0.3 is 4.90 Å². The van der Waals surface area contributed by atoms with E-state index < -0.39 is 0 Å². The maximum atomic E-state index is 12.2. The lowest BCUT2D eigenvalue weighted by Crippen LogP contribution is -2.36. The summed E-state index contributed by atoms with van der Waals surface area (Å²) in [6, 6.07) is 0. The van der Waals surface area contributed by atoms with Crippen LogP contribution in [0.1, 0.15) is 50.8 Å². The third-order valence-corrected chi connectivity index (χ3v) is 4.72. The van der Waals surface area contributed by atoms with Crippen LogP contribution in [0.3, 0.4) is 0 Å². The van der Waals surface area contributed by atoms with E-state index in [4.69, 9.17) is 11.6 Å². The highest BCUT2D eigenvalue weighted by molar-refractivity contribution is 6.31. The molecule has 2 heterocycles. The molecule has 1 aliphatic heterocycles. The van der Waals surface area contributed by atoms with E-state index in [0.29, 0.717) is 5.15 Å². The van der Waals surface area contributed by atoms with E-state index in [1.807, 2.05) is 22.6 Å². The quantitative estimate of drug-likeness (QED) is 0.770. The van der Waals surface area contributed by atoms with E-state index in [0.717, 1.165) is 62.5 Å². The molecule has 1 saturated heterocycles. The summed E-state index contributed by atoms with van der Waals surface area (Å²) in [4.78, 5) is 14.2. The second-order valence-corrected chi connectivity index (χ2v) is 6.57. The van der Waals surface area contributed by atoms with E-state index >= 15 is 0 Å². The fourth-order valence-corrected chi connectivity index (χ4v) is 3.02. The van der Waals surface area contributed by atoms with Gasteiger partial charge in [-0.3, -0.25) is 9.48 Å². The number of aromatic nitrogens is 2. The van der Waals surface area contributed by atoms with Crippen molar-refractivity contribution in [2.75, 3.05) is 13.1 Å². The van der Waals surface area contributed by atoms with Gasteiger partial charge in [0.25, 0.3) is 0 Å². The lowest BCUT2D eigenvalue weighted by molar-refractivity contribution is -0.127. The summed E-state index contributed by atoms with van der Waals surface area (Å²) in [5, 5.41) is 5.08. The number of unbranched alkanes of at least 4 members (excludes halogenated alkanes) is 1. The molecule has 0 aromatic carbocycles. The van der Waals surface area contributed by atoms with Crippen LogP contribution in [-0.2, 0) is 11.3 Å². The zero-order chi connectivity index (χ0) is 16.1. The number of carbonyl (C=O) groups excluding carboxylic acids is 1. The molecule has 122 valence electrons. The highest BCUT2D eigenvalue weighted by Crippen LogP contribution is 2.22. The number of piperidine rings is 1. The molecule has 1 aliphatic rings. The van der Waals surface area contributed by atoms with Crippen LogP contribution in [0, 0.1) is 12.8 Å². The minimum absolute atomic E-state index is 0.0728. The minimum atomic E-state index is 0.0728. The second kappa shape index (κ2) is 7.82. The van der Waals surface area contributed by atoms with E-state index in [9.17, 15) is 4.79 Å². The fourth-order valence-electron chi connectivity index (χ4n) is 2.70. The number of aryl methyl sites for hydroxylation is 2. The zero-order valence-electron chi connectivity index (χ0n) is 13.8. The first-order valence-electron chi connectivity index (χ1n) is 8.22. The number of rotatable bonds is 5. The zero-order valence-corrected chi connectivity index (χ0v) is 14.6. The van der Waals surface area contributed by atoms with Gasteiger partial charge >= 0.3 is 0 Å². The van der Waals surface area contributed by atoms with Crippen molar-refractivity contribution in [2.45, 2.75) is 53.0 Å². The van der Waals surface area contributed by atoms with Crippen molar-refractivity contribution in [1.82, 2.24) is 14.7 Å². The molecule has 4 nitrogen and oxygen atoms in total. The van der Waals surface area contributed by atoms with Crippen LogP contribution in [-0.4, -0.2) is 33.7 Å². The number of likely N-dealkylation sites (tertiary alicyclic amines) is 1. The van der Waals surface area contributed by atoms with Crippen molar-refractivity contribution in [1.29, 1.82) is 0 Å². The van der Waals surface area contributed by atoms with Gasteiger partial charge in [0.15, 0.2) is 0 Å². The van der Waals surface area contributed by atoms with Crippen molar-refractivity contribution >= 4 is 23.6 Å². The number of halogens is 1. The Labute approximate surface area is 138 Å². The van der Waals surface area contributed by atoms with E-state index in [-0.39, 0.29) is 5.91 Å². The van der Waals surface area contributed by atoms with Crippen molar-refractivity contribution in [3.63, 3.8) is 0 Å². The number of carbonyl (C=O) groups is 1. The summed E-state index contributed by atoms with van der Waals surface area (Å²) in [5.41, 5.74) is 1.73. The molecular formula is C17H26ClN3O. The smallest absolute Gasteiger partial charge is 0.246 e. The van der Waals surface area contributed by atoms with Crippen LogP contribution in [0.5, 0.6) is 0 Å². The Bertz CT molecular complexity index is 542. The second-order valence-electron chi connectivity index (χ2n) is 6.21. The van der Waals surface area contributed by atoms with Crippen LogP contribution in [0.2, 0.25) is 5.15 Å². The summed E-state index contributed by atoms with van der Waals surface area (Å²) >= 11 is 6.38. The fraction of sp³-hybridized carbons (Fsp3) is 0.647. The lowest BCUT2D eigenvalue weighted by Gasteiger charge is -2.29. The molecule has 0 radical (unpaired) electrons. The summed E-state index contributed by atoms with van der Waals surface area (Å²) in [6.07, 6.45) is 7.79. The molecule has 2 rings (SSSR count). The molecule has 1 aromatic heterocycles. The van der Waals surface area contributed by atoms with Crippen molar-refractivity contribution in [3.05, 3.63) is 22.5 Å². The van der Waals surface area contributed by atoms with Crippen molar-refractivity contribution in [3.8, 4) is 0 Å². The topological polar surface area (TPSA) is 38.1 Å². The van der Waals surface area contributed by atoms with Crippen LogP contribution in [0.4, 0.5) is 0 Å². The molecule has 22 heavy (non-hydrogen) atoms. The van der Waals surface area contributed by atoms with E-state index in [1.165, 1.54) is 0 Å². The predicted molar refractivity (Wildman–Crippen MR) is 90.9 cm³/mol. The third-order valence-electron chi connectivity index (χ3n) is 4.32. The molecule has 0 atom stereocenters. The monoisotopic (exact) mass is 323 g/mol. The summed E-state index contributed by atoms with van der Waals surface area (Å²) < 4.78 is 1.83. The summed E-state index contributed by atoms with van der Waals surface area (Å²) in [7, 11) is 0. The largest absolute Gasteiger partial charge is 0.339 e. The molecule has 0 saturated carbocycles. The molecule has 0 aliphatic carbocycles. The average molecular weight is 324 g/mol. The molecule has 1 aromatic rings. The average Bonchev–Trinajstić information content (AvgIpc) is 2.77. The molecule has 1 amide bonds. The molecule has 1 fully saturated rings. The van der Waals surface area contributed by atoms with Gasteiger partial charge in [0, 0.05) is 31.3 Å². The summed E-state index contributed by atoms with van der Waals surface area (Å²) in [5.74, 6) is 0.796. The Kier molecular flexibility index (Phi) is 6.07. The van der Waals surface area contributed by atoms with Crippen molar-refractivity contribution < 1.29 is 4.79 Å². The first-order chi connectivity index (χ1) is 10.5. The van der Waals surface area contributed by atoms with Gasteiger partial charge in [-0.15, -0.1) is 0 Å². The number of hydrogen-bond acceptors (Lipinski definition) is 2.